The van der Waals surface area contributed by atoms with Crippen molar-refractivity contribution in [2.24, 2.45) is 0 Å². The average molecular weight is 325 g/mol. The van der Waals surface area contributed by atoms with Crippen LogP contribution in [-0.4, -0.2) is 37.9 Å². The first-order valence-corrected chi connectivity index (χ1v) is 8.71. The lowest BCUT2D eigenvalue weighted by Gasteiger charge is -2.35. The summed E-state index contributed by atoms with van der Waals surface area (Å²) in [6.45, 7) is 6.78. The molecule has 0 unspecified atom stereocenters. The Morgan fingerprint density at radius 1 is 1.18 bits per heavy atom. The number of unbranched alkanes of at least 4 members (excludes halogenated alkanes) is 2. The van der Waals surface area contributed by atoms with Gasteiger partial charge in [0.2, 0.25) is 6.79 Å². The number of hydrogen-bond donors (Lipinski definition) is 1. The van der Waals surface area contributed by atoms with Crippen LogP contribution in [0.25, 0.3) is 0 Å². The van der Waals surface area contributed by atoms with E-state index in [9.17, 15) is 0 Å². The monoisotopic (exact) mass is 324 g/mol. The van der Waals surface area contributed by atoms with Crippen LogP contribution in [0.1, 0.15) is 44.2 Å². The number of piperazine rings is 1. The SMILES string of the molecule is CCCCC[C@H](c1cc2c(cc1Cl)OCO2)N1CCNCC1. The van der Waals surface area contributed by atoms with Crippen molar-refractivity contribution in [2.45, 2.75) is 38.6 Å². The molecule has 3 rings (SSSR count). The highest BCUT2D eigenvalue weighted by Crippen LogP contribution is 2.41. The molecule has 0 radical (unpaired) electrons. The van der Waals surface area contributed by atoms with Crippen LogP contribution in [-0.2, 0) is 0 Å². The molecule has 5 heteroatoms. The minimum atomic E-state index is 0.295. The van der Waals surface area contributed by atoms with E-state index < -0.39 is 0 Å². The first-order valence-electron chi connectivity index (χ1n) is 8.33. The summed E-state index contributed by atoms with van der Waals surface area (Å²) in [5.74, 6) is 1.59. The zero-order valence-electron chi connectivity index (χ0n) is 13.2. The van der Waals surface area contributed by atoms with Gasteiger partial charge >= 0.3 is 0 Å². The molecule has 1 N–H and O–H groups in total. The summed E-state index contributed by atoms with van der Waals surface area (Å²) < 4.78 is 11.0. The smallest absolute Gasteiger partial charge is 0.231 e. The van der Waals surface area contributed by atoms with Crippen molar-refractivity contribution >= 4 is 11.6 Å². The van der Waals surface area contributed by atoms with Gasteiger partial charge in [0.1, 0.15) is 0 Å². The molecule has 0 spiro atoms. The van der Waals surface area contributed by atoms with Crippen LogP contribution >= 0.6 is 11.6 Å². The highest BCUT2D eigenvalue weighted by molar-refractivity contribution is 6.31. The van der Waals surface area contributed by atoms with Crippen LogP contribution in [0.15, 0.2) is 12.1 Å². The van der Waals surface area contributed by atoms with Crippen LogP contribution < -0.4 is 14.8 Å². The lowest BCUT2D eigenvalue weighted by atomic mass is 9.97. The number of fused-ring (bicyclic) bond motifs is 1. The zero-order chi connectivity index (χ0) is 15.4. The van der Waals surface area contributed by atoms with Gasteiger partial charge in [-0.3, -0.25) is 4.90 Å². The number of hydrogen-bond acceptors (Lipinski definition) is 4. The van der Waals surface area contributed by atoms with Gasteiger partial charge in [0.25, 0.3) is 0 Å². The van der Waals surface area contributed by atoms with Gasteiger partial charge in [-0.25, -0.2) is 0 Å². The van der Waals surface area contributed by atoms with E-state index in [-0.39, 0.29) is 0 Å². The molecule has 1 saturated heterocycles. The Hall–Kier alpha value is -0.970. The van der Waals surface area contributed by atoms with Gasteiger partial charge in [0, 0.05) is 43.3 Å². The Balaban J connectivity index is 1.83. The van der Waals surface area contributed by atoms with E-state index in [1.807, 2.05) is 6.07 Å². The van der Waals surface area contributed by atoms with Crippen molar-refractivity contribution in [3.05, 3.63) is 22.7 Å². The second kappa shape index (κ2) is 7.53. The normalized spacial score (nSPS) is 19.4. The second-order valence-corrected chi connectivity index (χ2v) is 6.43. The predicted octanol–water partition coefficient (Wildman–Crippen LogP) is 3.60. The standard InChI is InChI=1S/C17H25ClN2O2/c1-2-3-4-5-15(20-8-6-19-7-9-20)13-10-16-17(11-14(13)18)22-12-21-16/h10-11,15,19H,2-9,12H2,1H3/t15-/m1/s1. The maximum absolute atomic E-state index is 6.56. The van der Waals surface area contributed by atoms with Crippen molar-refractivity contribution in [1.82, 2.24) is 10.2 Å². The van der Waals surface area contributed by atoms with Crippen molar-refractivity contribution in [2.75, 3.05) is 33.0 Å². The minimum Gasteiger partial charge on any atom is -0.454 e. The maximum atomic E-state index is 6.56. The summed E-state index contributed by atoms with van der Waals surface area (Å²) >= 11 is 6.56. The Morgan fingerprint density at radius 3 is 2.64 bits per heavy atom. The molecule has 0 aromatic heterocycles. The number of rotatable bonds is 6. The third kappa shape index (κ3) is 3.50. The van der Waals surface area contributed by atoms with Crippen LogP contribution in [0.3, 0.4) is 0 Å². The van der Waals surface area contributed by atoms with Gasteiger partial charge in [0.15, 0.2) is 11.5 Å². The minimum absolute atomic E-state index is 0.295. The zero-order valence-corrected chi connectivity index (χ0v) is 14.0. The highest BCUT2D eigenvalue weighted by Gasteiger charge is 2.26. The van der Waals surface area contributed by atoms with Gasteiger partial charge in [-0.05, 0) is 18.1 Å². The summed E-state index contributed by atoms with van der Waals surface area (Å²) in [5.41, 5.74) is 1.18. The predicted molar refractivity (Wildman–Crippen MR) is 88.9 cm³/mol. The van der Waals surface area contributed by atoms with Crippen LogP contribution in [0.4, 0.5) is 0 Å². The first kappa shape index (κ1) is 15.9. The van der Waals surface area contributed by atoms with E-state index in [0.29, 0.717) is 12.8 Å². The van der Waals surface area contributed by atoms with Crippen LogP contribution in [0.5, 0.6) is 11.5 Å². The van der Waals surface area contributed by atoms with Gasteiger partial charge in [0.05, 0.1) is 0 Å². The molecule has 0 amide bonds. The van der Waals surface area contributed by atoms with E-state index in [1.165, 1.54) is 24.8 Å². The molecular formula is C17H25ClN2O2. The molecular weight excluding hydrogens is 300 g/mol. The molecule has 0 aliphatic carbocycles. The molecule has 1 aromatic rings. The molecule has 1 atom stereocenters. The van der Waals surface area contributed by atoms with Crippen molar-refractivity contribution in [3.8, 4) is 11.5 Å². The van der Waals surface area contributed by atoms with E-state index in [4.69, 9.17) is 21.1 Å². The molecule has 1 aromatic carbocycles. The molecule has 0 saturated carbocycles. The summed E-state index contributed by atoms with van der Waals surface area (Å²) in [5, 5.41) is 4.22. The highest BCUT2D eigenvalue weighted by atomic mass is 35.5. The average Bonchev–Trinajstić information content (AvgIpc) is 2.99. The Kier molecular flexibility index (Phi) is 5.45. The van der Waals surface area contributed by atoms with Gasteiger partial charge in [-0.1, -0.05) is 37.8 Å². The number of halogens is 1. The van der Waals surface area contributed by atoms with E-state index in [1.54, 1.807) is 0 Å². The maximum Gasteiger partial charge on any atom is 0.231 e. The molecule has 4 nitrogen and oxygen atoms in total. The van der Waals surface area contributed by atoms with E-state index >= 15 is 0 Å². The number of ether oxygens (including phenoxy) is 2. The van der Waals surface area contributed by atoms with Crippen LogP contribution in [0.2, 0.25) is 5.02 Å². The summed E-state index contributed by atoms with van der Waals surface area (Å²) in [6.07, 6.45) is 4.89. The van der Waals surface area contributed by atoms with E-state index in [2.05, 4.69) is 23.2 Å². The fourth-order valence-electron chi connectivity index (χ4n) is 3.30. The largest absolute Gasteiger partial charge is 0.454 e. The first-order chi connectivity index (χ1) is 10.8. The van der Waals surface area contributed by atoms with Crippen molar-refractivity contribution in [3.63, 3.8) is 0 Å². The molecule has 2 heterocycles. The van der Waals surface area contributed by atoms with Crippen LogP contribution in [0, 0.1) is 0 Å². The van der Waals surface area contributed by atoms with Gasteiger partial charge in [-0.15, -0.1) is 0 Å². The number of nitrogens with one attached hydrogen (secondary N) is 1. The molecule has 2 aliphatic heterocycles. The fourth-order valence-corrected chi connectivity index (χ4v) is 3.58. The molecule has 122 valence electrons. The van der Waals surface area contributed by atoms with Crippen molar-refractivity contribution < 1.29 is 9.47 Å². The van der Waals surface area contributed by atoms with Crippen molar-refractivity contribution in [1.29, 1.82) is 0 Å². The van der Waals surface area contributed by atoms with Gasteiger partial charge < -0.3 is 14.8 Å². The summed E-state index contributed by atoms with van der Waals surface area (Å²) in [4.78, 5) is 2.55. The number of benzene rings is 1. The Morgan fingerprint density at radius 2 is 1.91 bits per heavy atom. The molecule has 22 heavy (non-hydrogen) atoms. The van der Waals surface area contributed by atoms with Gasteiger partial charge in [-0.2, -0.15) is 0 Å². The third-order valence-corrected chi connectivity index (χ3v) is 4.85. The lowest BCUT2D eigenvalue weighted by molar-refractivity contribution is 0.162. The Labute approximate surface area is 137 Å². The number of nitrogens with zero attached hydrogens (tertiary/aromatic N) is 1. The second-order valence-electron chi connectivity index (χ2n) is 6.02. The van der Waals surface area contributed by atoms with E-state index in [0.717, 1.165) is 49.1 Å². The Bertz CT molecular complexity index is 504. The molecule has 1 fully saturated rings. The summed E-state index contributed by atoms with van der Waals surface area (Å²) in [7, 11) is 0. The topological polar surface area (TPSA) is 33.7 Å². The quantitative estimate of drug-likeness (QED) is 0.811. The molecule has 0 bridgehead atoms. The fraction of sp³-hybridized carbons (Fsp3) is 0.647. The third-order valence-electron chi connectivity index (χ3n) is 4.52. The summed E-state index contributed by atoms with van der Waals surface area (Å²) in [6, 6.07) is 4.37. The lowest BCUT2D eigenvalue weighted by Crippen LogP contribution is -2.45. The molecule has 2 aliphatic rings.